The van der Waals surface area contributed by atoms with Crippen LogP contribution in [0.4, 0.5) is 0 Å². The molecule has 2 amide bonds. The van der Waals surface area contributed by atoms with Crippen molar-refractivity contribution in [3.05, 3.63) is 24.3 Å². The Morgan fingerprint density at radius 3 is 2.74 bits per heavy atom. The number of rotatable bonds is 7. The van der Waals surface area contributed by atoms with Gasteiger partial charge in [-0.15, -0.1) is 0 Å². The molecule has 27 heavy (non-hydrogen) atoms. The van der Waals surface area contributed by atoms with Crippen LogP contribution in [0.3, 0.4) is 0 Å². The van der Waals surface area contributed by atoms with Gasteiger partial charge in [-0.1, -0.05) is 0 Å². The van der Waals surface area contributed by atoms with E-state index in [1.807, 2.05) is 0 Å². The zero-order valence-corrected chi connectivity index (χ0v) is 15.7. The second-order valence-electron chi connectivity index (χ2n) is 7.00. The minimum Gasteiger partial charge on any atom is -0.466 e. The number of hydrogen-bond acceptors (Lipinski definition) is 6. The minimum absolute atomic E-state index is 0.0263. The summed E-state index contributed by atoms with van der Waals surface area (Å²) in [5.74, 6) is -0.682. The molecule has 0 N–H and O–H groups in total. The maximum absolute atomic E-state index is 12.7. The minimum atomic E-state index is -0.247. The van der Waals surface area contributed by atoms with Crippen molar-refractivity contribution in [3.63, 3.8) is 0 Å². The number of amides is 2. The summed E-state index contributed by atoms with van der Waals surface area (Å²) in [5.41, 5.74) is 0.303. The maximum atomic E-state index is 12.7. The Morgan fingerprint density at radius 2 is 2.07 bits per heavy atom. The molecule has 0 radical (unpaired) electrons. The van der Waals surface area contributed by atoms with Gasteiger partial charge in [0.15, 0.2) is 0 Å². The topological polar surface area (TPSA) is 92.7 Å². The van der Waals surface area contributed by atoms with Gasteiger partial charge >= 0.3 is 5.97 Å². The van der Waals surface area contributed by atoms with Gasteiger partial charge < -0.3 is 14.5 Å². The molecule has 1 aliphatic carbocycles. The van der Waals surface area contributed by atoms with Crippen molar-refractivity contribution in [1.82, 2.24) is 19.8 Å². The van der Waals surface area contributed by atoms with Crippen LogP contribution in [0.15, 0.2) is 18.6 Å². The third-order valence-corrected chi connectivity index (χ3v) is 4.99. The molecule has 0 spiro atoms. The first kappa shape index (κ1) is 19.3. The fraction of sp³-hybridized carbons (Fsp3) is 0.632. The zero-order chi connectivity index (χ0) is 19.2. The van der Waals surface area contributed by atoms with E-state index in [1.54, 1.807) is 16.7 Å². The molecule has 1 atom stereocenters. The van der Waals surface area contributed by atoms with E-state index in [4.69, 9.17) is 4.74 Å². The second-order valence-corrected chi connectivity index (χ2v) is 7.00. The predicted octanol–water partition coefficient (Wildman–Crippen LogP) is 1.27. The number of ether oxygens (including phenoxy) is 1. The molecule has 0 aromatic carbocycles. The van der Waals surface area contributed by atoms with E-state index in [-0.39, 0.29) is 36.2 Å². The molecule has 3 rings (SSSR count). The van der Waals surface area contributed by atoms with Gasteiger partial charge in [0.25, 0.3) is 5.91 Å². The van der Waals surface area contributed by atoms with Crippen LogP contribution < -0.4 is 0 Å². The molecule has 0 unspecified atom stereocenters. The maximum Gasteiger partial charge on any atom is 0.310 e. The molecule has 1 saturated carbocycles. The molecule has 8 nitrogen and oxygen atoms in total. The van der Waals surface area contributed by atoms with Gasteiger partial charge in [-0.05, 0) is 32.6 Å². The van der Waals surface area contributed by atoms with E-state index in [2.05, 4.69) is 9.97 Å². The van der Waals surface area contributed by atoms with Gasteiger partial charge in [0, 0.05) is 44.5 Å². The zero-order valence-electron chi connectivity index (χ0n) is 15.7. The predicted molar refractivity (Wildman–Crippen MR) is 96.6 cm³/mol. The molecule has 0 bridgehead atoms. The van der Waals surface area contributed by atoms with Gasteiger partial charge in [-0.2, -0.15) is 0 Å². The Hall–Kier alpha value is -2.51. The third kappa shape index (κ3) is 5.02. The highest BCUT2D eigenvalue weighted by Gasteiger charge is 2.35. The van der Waals surface area contributed by atoms with E-state index in [0.717, 1.165) is 25.7 Å². The van der Waals surface area contributed by atoms with Crippen LogP contribution in [0.5, 0.6) is 0 Å². The number of esters is 1. The molecule has 2 aliphatic rings. The first-order valence-electron chi connectivity index (χ1n) is 9.61. The molecule has 1 aliphatic heterocycles. The number of carbonyl (C=O) groups is 3. The van der Waals surface area contributed by atoms with Crippen LogP contribution in [0.2, 0.25) is 0 Å². The summed E-state index contributed by atoms with van der Waals surface area (Å²) in [6, 6.07) is 0.181. The Balaban J connectivity index is 1.55. The van der Waals surface area contributed by atoms with Crippen molar-refractivity contribution in [3.8, 4) is 0 Å². The van der Waals surface area contributed by atoms with Crippen LogP contribution in [0.1, 0.15) is 49.5 Å². The van der Waals surface area contributed by atoms with Crippen LogP contribution >= 0.6 is 0 Å². The largest absolute Gasteiger partial charge is 0.466 e. The van der Waals surface area contributed by atoms with Crippen molar-refractivity contribution < 1.29 is 19.1 Å². The van der Waals surface area contributed by atoms with Crippen LogP contribution in [-0.2, 0) is 14.3 Å². The number of carbonyl (C=O) groups excluding carboxylic acids is 3. The first-order valence-corrected chi connectivity index (χ1v) is 9.61. The molecule has 2 fully saturated rings. The Morgan fingerprint density at radius 1 is 1.26 bits per heavy atom. The van der Waals surface area contributed by atoms with Crippen LogP contribution in [-0.4, -0.2) is 69.8 Å². The van der Waals surface area contributed by atoms with Crippen molar-refractivity contribution in [1.29, 1.82) is 0 Å². The molecular weight excluding hydrogens is 348 g/mol. The Bertz CT molecular complexity index is 678. The standard InChI is InChI=1S/C19H26N4O4/c1-2-27-19(26)14-4-3-10-22(13-14)17(24)7-11-23(15-5-6-15)18(25)16-12-20-8-9-21-16/h8-9,12,14-15H,2-7,10-11,13H2,1H3/t14-/m1/s1. The van der Waals surface area contributed by atoms with Crippen molar-refractivity contribution in [2.75, 3.05) is 26.2 Å². The van der Waals surface area contributed by atoms with E-state index in [1.165, 1.54) is 18.6 Å². The van der Waals surface area contributed by atoms with Crippen LogP contribution in [0, 0.1) is 5.92 Å². The lowest BCUT2D eigenvalue weighted by Crippen LogP contribution is -2.44. The van der Waals surface area contributed by atoms with E-state index in [0.29, 0.717) is 31.9 Å². The number of nitrogens with zero attached hydrogens (tertiary/aromatic N) is 4. The highest BCUT2D eigenvalue weighted by atomic mass is 16.5. The summed E-state index contributed by atoms with van der Waals surface area (Å²) < 4.78 is 5.09. The van der Waals surface area contributed by atoms with Gasteiger partial charge in [0.1, 0.15) is 5.69 Å². The summed E-state index contributed by atoms with van der Waals surface area (Å²) in [4.78, 5) is 48.7. The number of aromatic nitrogens is 2. The van der Waals surface area contributed by atoms with E-state index in [9.17, 15) is 14.4 Å². The molecule has 146 valence electrons. The molecule has 1 aromatic heterocycles. The lowest BCUT2D eigenvalue weighted by atomic mass is 9.98. The summed E-state index contributed by atoms with van der Waals surface area (Å²) >= 11 is 0. The van der Waals surface area contributed by atoms with Gasteiger partial charge in [-0.25, -0.2) is 4.98 Å². The van der Waals surface area contributed by atoms with Gasteiger partial charge in [0.05, 0.1) is 18.7 Å². The van der Waals surface area contributed by atoms with Gasteiger partial charge in [0.2, 0.25) is 5.91 Å². The number of piperidine rings is 1. The summed E-state index contributed by atoms with van der Waals surface area (Å²) in [6.45, 7) is 3.54. The van der Waals surface area contributed by atoms with Crippen molar-refractivity contribution in [2.45, 2.75) is 45.1 Å². The highest BCUT2D eigenvalue weighted by molar-refractivity contribution is 5.92. The Labute approximate surface area is 158 Å². The van der Waals surface area contributed by atoms with Gasteiger partial charge in [-0.3, -0.25) is 19.4 Å². The summed E-state index contributed by atoms with van der Waals surface area (Å²) in [6.07, 6.45) is 8.17. The Kier molecular flexibility index (Phi) is 6.36. The first-order chi connectivity index (χ1) is 13.1. The molecule has 1 saturated heterocycles. The second kappa shape index (κ2) is 8.92. The molecule has 1 aromatic rings. The SMILES string of the molecule is CCOC(=O)[C@@H]1CCCN(C(=O)CCN(C(=O)c2cnccn2)C2CC2)C1. The van der Waals surface area contributed by atoms with Crippen molar-refractivity contribution >= 4 is 17.8 Å². The average Bonchev–Trinajstić information content (AvgIpc) is 3.54. The quantitative estimate of drug-likeness (QED) is 0.668. The smallest absolute Gasteiger partial charge is 0.310 e. The molecule has 2 heterocycles. The fourth-order valence-electron chi connectivity index (χ4n) is 3.42. The fourth-order valence-corrected chi connectivity index (χ4v) is 3.42. The highest BCUT2D eigenvalue weighted by Crippen LogP contribution is 2.28. The van der Waals surface area contributed by atoms with E-state index < -0.39 is 0 Å². The number of likely N-dealkylation sites (tertiary alicyclic amines) is 1. The normalized spacial score (nSPS) is 19.4. The average molecular weight is 374 g/mol. The molecule has 8 heteroatoms. The van der Waals surface area contributed by atoms with E-state index >= 15 is 0 Å². The molecular formula is C19H26N4O4. The lowest BCUT2D eigenvalue weighted by Gasteiger charge is -2.32. The lowest BCUT2D eigenvalue weighted by molar-refractivity contribution is -0.151. The number of hydrogen-bond donors (Lipinski definition) is 0. The van der Waals surface area contributed by atoms with Crippen molar-refractivity contribution in [2.24, 2.45) is 5.92 Å². The monoisotopic (exact) mass is 374 g/mol. The third-order valence-electron chi connectivity index (χ3n) is 4.99. The van der Waals surface area contributed by atoms with Crippen LogP contribution in [0.25, 0.3) is 0 Å². The summed E-state index contributed by atoms with van der Waals surface area (Å²) in [5, 5.41) is 0. The summed E-state index contributed by atoms with van der Waals surface area (Å²) in [7, 11) is 0.